The summed E-state index contributed by atoms with van der Waals surface area (Å²) in [5.41, 5.74) is 2.41. The molecule has 3 aromatic rings. The van der Waals surface area contributed by atoms with Crippen molar-refractivity contribution in [1.29, 1.82) is 0 Å². The average molecular weight is 366 g/mol. The molecule has 1 aliphatic rings. The molecular formula is C20H18N2O3S. The standard InChI is InChI=1S/C20H18N2O3S/c1-24-14-8-6-13(7-9-14)20-22-17(12-26-20)19(23)21-16-10-11-25-18-5-3-2-4-15(16)18/h2-9,12,16H,10-11H2,1H3,(H,21,23). The van der Waals surface area contributed by atoms with Crippen LogP contribution in [0, 0.1) is 0 Å². The minimum absolute atomic E-state index is 0.0569. The second-order valence-corrected chi connectivity index (χ2v) is 6.83. The maximum atomic E-state index is 12.6. The fourth-order valence-electron chi connectivity index (χ4n) is 2.97. The first-order valence-corrected chi connectivity index (χ1v) is 9.25. The number of ether oxygens (including phenoxy) is 2. The first kappa shape index (κ1) is 16.6. The van der Waals surface area contributed by atoms with Crippen LogP contribution in [0.3, 0.4) is 0 Å². The lowest BCUT2D eigenvalue weighted by molar-refractivity contribution is 0.0920. The highest BCUT2D eigenvalue weighted by molar-refractivity contribution is 7.13. The van der Waals surface area contributed by atoms with E-state index in [1.165, 1.54) is 11.3 Å². The maximum Gasteiger partial charge on any atom is 0.271 e. The Labute approximate surface area is 155 Å². The number of hydrogen-bond acceptors (Lipinski definition) is 5. The molecule has 1 aliphatic heterocycles. The molecule has 1 unspecified atom stereocenters. The molecule has 0 fully saturated rings. The highest BCUT2D eigenvalue weighted by Crippen LogP contribution is 2.32. The van der Waals surface area contributed by atoms with Gasteiger partial charge < -0.3 is 14.8 Å². The number of thiazole rings is 1. The minimum Gasteiger partial charge on any atom is -0.497 e. The van der Waals surface area contributed by atoms with Crippen LogP contribution >= 0.6 is 11.3 Å². The van der Waals surface area contributed by atoms with E-state index in [9.17, 15) is 4.79 Å². The van der Waals surface area contributed by atoms with Gasteiger partial charge in [-0.3, -0.25) is 4.79 Å². The molecule has 0 bridgehead atoms. The van der Waals surface area contributed by atoms with Crippen molar-refractivity contribution < 1.29 is 14.3 Å². The molecule has 2 heterocycles. The Bertz CT molecular complexity index is 921. The number of nitrogens with one attached hydrogen (secondary N) is 1. The van der Waals surface area contributed by atoms with E-state index in [0.29, 0.717) is 12.3 Å². The number of fused-ring (bicyclic) bond motifs is 1. The predicted octanol–water partition coefficient (Wildman–Crippen LogP) is 4.07. The van der Waals surface area contributed by atoms with Gasteiger partial charge in [0.1, 0.15) is 22.2 Å². The molecular weight excluding hydrogens is 348 g/mol. The van der Waals surface area contributed by atoms with Crippen molar-refractivity contribution in [2.75, 3.05) is 13.7 Å². The topological polar surface area (TPSA) is 60.5 Å². The van der Waals surface area contributed by atoms with Gasteiger partial charge in [-0.05, 0) is 30.3 Å². The van der Waals surface area contributed by atoms with Gasteiger partial charge in [0.15, 0.2) is 0 Å². The first-order valence-electron chi connectivity index (χ1n) is 8.37. The molecule has 0 saturated carbocycles. The van der Waals surface area contributed by atoms with E-state index in [2.05, 4.69) is 10.3 Å². The Morgan fingerprint density at radius 2 is 2.04 bits per heavy atom. The molecule has 1 atom stereocenters. The summed E-state index contributed by atoms with van der Waals surface area (Å²) in [7, 11) is 1.63. The second kappa shape index (κ2) is 7.17. The molecule has 1 aromatic heterocycles. The van der Waals surface area contributed by atoms with Crippen molar-refractivity contribution in [2.45, 2.75) is 12.5 Å². The Morgan fingerprint density at radius 3 is 2.85 bits per heavy atom. The number of aromatic nitrogens is 1. The minimum atomic E-state index is -0.164. The van der Waals surface area contributed by atoms with Gasteiger partial charge in [0.05, 0.1) is 19.8 Å². The summed E-state index contributed by atoms with van der Waals surface area (Å²) in [6.07, 6.45) is 0.748. The van der Waals surface area contributed by atoms with E-state index >= 15 is 0 Å². The first-order chi connectivity index (χ1) is 12.7. The molecule has 4 rings (SSSR count). The summed E-state index contributed by atoms with van der Waals surface area (Å²) in [5.74, 6) is 1.46. The van der Waals surface area contributed by atoms with Gasteiger partial charge in [0.2, 0.25) is 0 Å². The third-order valence-corrected chi connectivity index (χ3v) is 5.23. The van der Waals surface area contributed by atoms with Crippen molar-refractivity contribution in [3.8, 4) is 22.1 Å². The number of nitrogens with zero attached hydrogens (tertiary/aromatic N) is 1. The lowest BCUT2D eigenvalue weighted by atomic mass is 10.0. The fraction of sp³-hybridized carbons (Fsp3) is 0.200. The summed E-state index contributed by atoms with van der Waals surface area (Å²) in [5, 5.41) is 5.68. The van der Waals surface area contributed by atoms with Crippen LogP contribution in [0.2, 0.25) is 0 Å². The summed E-state index contributed by atoms with van der Waals surface area (Å²) in [6, 6.07) is 15.4. The third kappa shape index (κ3) is 3.28. The van der Waals surface area contributed by atoms with Crippen LogP contribution < -0.4 is 14.8 Å². The van der Waals surface area contributed by atoms with E-state index in [1.807, 2.05) is 48.5 Å². The largest absolute Gasteiger partial charge is 0.497 e. The summed E-state index contributed by atoms with van der Waals surface area (Å²) in [6.45, 7) is 0.593. The molecule has 0 spiro atoms. The van der Waals surface area contributed by atoms with Crippen LogP contribution in [-0.4, -0.2) is 24.6 Å². The summed E-state index contributed by atoms with van der Waals surface area (Å²) >= 11 is 1.45. The van der Waals surface area contributed by atoms with Gasteiger partial charge in [-0.1, -0.05) is 18.2 Å². The zero-order valence-electron chi connectivity index (χ0n) is 14.3. The second-order valence-electron chi connectivity index (χ2n) is 5.97. The van der Waals surface area contributed by atoms with E-state index < -0.39 is 0 Å². The van der Waals surface area contributed by atoms with Crippen LogP contribution in [0.1, 0.15) is 28.5 Å². The monoisotopic (exact) mass is 366 g/mol. The van der Waals surface area contributed by atoms with E-state index in [-0.39, 0.29) is 11.9 Å². The average Bonchev–Trinajstić information content (AvgIpc) is 3.19. The Hall–Kier alpha value is -2.86. The molecule has 0 saturated heterocycles. The third-order valence-electron chi connectivity index (χ3n) is 4.34. The van der Waals surface area contributed by atoms with Crippen LogP contribution in [0.15, 0.2) is 53.9 Å². The number of hydrogen-bond donors (Lipinski definition) is 1. The van der Waals surface area contributed by atoms with E-state index in [4.69, 9.17) is 9.47 Å². The molecule has 26 heavy (non-hydrogen) atoms. The molecule has 0 radical (unpaired) electrons. The van der Waals surface area contributed by atoms with Crippen molar-refractivity contribution in [1.82, 2.24) is 10.3 Å². The maximum absolute atomic E-state index is 12.6. The SMILES string of the molecule is COc1ccc(-c2nc(C(=O)NC3CCOc4ccccc43)cs2)cc1. The molecule has 132 valence electrons. The van der Waals surface area contributed by atoms with Gasteiger partial charge in [-0.2, -0.15) is 0 Å². The predicted molar refractivity (Wildman–Crippen MR) is 101 cm³/mol. The molecule has 2 aromatic carbocycles. The Balaban J connectivity index is 1.50. The number of para-hydroxylation sites is 1. The number of methoxy groups -OCH3 is 1. The molecule has 5 nitrogen and oxygen atoms in total. The summed E-state index contributed by atoms with van der Waals surface area (Å²) in [4.78, 5) is 17.1. The van der Waals surface area contributed by atoms with Gasteiger partial charge in [-0.25, -0.2) is 4.98 Å². The number of amides is 1. The van der Waals surface area contributed by atoms with Gasteiger partial charge in [0, 0.05) is 22.9 Å². The Kier molecular flexibility index (Phi) is 4.58. The lowest BCUT2D eigenvalue weighted by Crippen LogP contribution is -2.32. The molecule has 1 N–H and O–H groups in total. The normalized spacial score (nSPS) is 15.7. The van der Waals surface area contributed by atoms with Crippen LogP contribution in [-0.2, 0) is 0 Å². The van der Waals surface area contributed by atoms with Gasteiger partial charge in [-0.15, -0.1) is 11.3 Å². The van der Waals surface area contributed by atoms with E-state index in [0.717, 1.165) is 34.1 Å². The number of carbonyl (C=O) groups is 1. The van der Waals surface area contributed by atoms with Crippen LogP contribution in [0.25, 0.3) is 10.6 Å². The highest BCUT2D eigenvalue weighted by Gasteiger charge is 2.24. The van der Waals surface area contributed by atoms with Crippen molar-refractivity contribution in [2.24, 2.45) is 0 Å². The summed E-state index contributed by atoms with van der Waals surface area (Å²) < 4.78 is 10.8. The number of rotatable bonds is 4. The van der Waals surface area contributed by atoms with Crippen LogP contribution in [0.5, 0.6) is 11.5 Å². The lowest BCUT2D eigenvalue weighted by Gasteiger charge is -2.26. The van der Waals surface area contributed by atoms with Crippen molar-refractivity contribution in [3.05, 3.63) is 65.2 Å². The zero-order valence-corrected chi connectivity index (χ0v) is 15.1. The van der Waals surface area contributed by atoms with Crippen molar-refractivity contribution in [3.63, 3.8) is 0 Å². The number of benzene rings is 2. The van der Waals surface area contributed by atoms with Gasteiger partial charge in [0.25, 0.3) is 5.91 Å². The smallest absolute Gasteiger partial charge is 0.271 e. The van der Waals surface area contributed by atoms with Crippen LogP contribution in [0.4, 0.5) is 0 Å². The highest BCUT2D eigenvalue weighted by atomic mass is 32.1. The number of carbonyl (C=O) groups excluding carboxylic acids is 1. The van der Waals surface area contributed by atoms with Crippen molar-refractivity contribution >= 4 is 17.2 Å². The molecule has 6 heteroatoms. The molecule has 0 aliphatic carbocycles. The zero-order chi connectivity index (χ0) is 17.9. The fourth-order valence-corrected chi connectivity index (χ4v) is 3.77. The molecule has 1 amide bonds. The van der Waals surface area contributed by atoms with E-state index in [1.54, 1.807) is 12.5 Å². The quantitative estimate of drug-likeness (QED) is 0.756. The van der Waals surface area contributed by atoms with Gasteiger partial charge >= 0.3 is 0 Å². The Morgan fingerprint density at radius 1 is 1.23 bits per heavy atom.